The standard InChI is InChI=1S/C12H9BrClN3O2/c1-19-12(18)10-5-16-11(6-15-10)17-9-3-2-7(14)4-8(9)13/h2-6H,1H3,(H,16,17). The largest absolute Gasteiger partial charge is 0.464 e. The highest BCUT2D eigenvalue weighted by molar-refractivity contribution is 9.10. The number of hydrogen-bond donors (Lipinski definition) is 1. The Labute approximate surface area is 123 Å². The van der Waals surface area contributed by atoms with Crippen molar-refractivity contribution in [2.24, 2.45) is 0 Å². The first-order valence-electron chi connectivity index (χ1n) is 5.22. The Morgan fingerprint density at radius 2 is 2.16 bits per heavy atom. The fraction of sp³-hybridized carbons (Fsp3) is 0.0833. The summed E-state index contributed by atoms with van der Waals surface area (Å²) in [7, 11) is 1.29. The van der Waals surface area contributed by atoms with E-state index in [1.807, 2.05) is 6.07 Å². The minimum Gasteiger partial charge on any atom is -0.464 e. The molecule has 98 valence electrons. The van der Waals surface area contributed by atoms with Gasteiger partial charge in [0.2, 0.25) is 0 Å². The Morgan fingerprint density at radius 1 is 1.37 bits per heavy atom. The molecular formula is C12H9BrClN3O2. The van der Waals surface area contributed by atoms with Crippen molar-refractivity contribution in [2.45, 2.75) is 0 Å². The summed E-state index contributed by atoms with van der Waals surface area (Å²) in [5.41, 5.74) is 0.952. The van der Waals surface area contributed by atoms with Gasteiger partial charge in [-0.3, -0.25) is 0 Å². The highest BCUT2D eigenvalue weighted by Crippen LogP contribution is 2.27. The van der Waals surface area contributed by atoms with Crippen LogP contribution in [0.4, 0.5) is 11.5 Å². The molecule has 0 spiro atoms. The van der Waals surface area contributed by atoms with Gasteiger partial charge in [-0.05, 0) is 34.1 Å². The van der Waals surface area contributed by atoms with E-state index < -0.39 is 5.97 Å². The van der Waals surface area contributed by atoms with Gasteiger partial charge < -0.3 is 10.1 Å². The number of benzene rings is 1. The van der Waals surface area contributed by atoms with E-state index in [0.29, 0.717) is 10.8 Å². The molecule has 7 heteroatoms. The first kappa shape index (κ1) is 13.8. The lowest BCUT2D eigenvalue weighted by atomic mass is 10.3. The third-order valence-electron chi connectivity index (χ3n) is 2.24. The van der Waals surface area contributed by atoms with Crippen molar-refractivity contribution in [1.82, 2.24) is 9.97 Å². The quantitative estimate of drug-likeness (QED) is 0.866. The van der Waals surface area contributed by atoms with Gasteiger partial charge in [-0.25, -0.2) is 14.8 Å². The molecule has 0 aliphatic rings. The van der Waals surface area contributed by atoms with Crippen LogP contribution in [0.5, 0.6) is 0 Å². The molecule has 0 saturated carbocycles. The van der Waals surface area contributed by atoms with Gasteiger partial charge in [0.05, 0.1) is 25.2 Å². The number of halogens is 2. The zero-order valence-corrected chi connectivity index (χ0v) is 12.2. The van der Waals surface area contributed by atoms with Crippen LogP contribution in [0, 0.1) is 0 Å². The van der Waals surface area contributed by atoms with Gasteiger partial charge in [-0.2, -0.15) is 0 Å². The van der Waals surface area contributed by atoms with Gasteiger partial charge in [-0.15, -0.1) is 0 Å². The van der Waals surface area contributed by atoms with Gasteiger partial charge >= 0.3 is 5.97 Å². The third-order valence-corrected chi connectivity index (χ3v) is 3.13. The predicted molar refractivity (Wildman–Crippen MR) is 75.8 cm³/mol. The summed E-state index contributed by atoms with van der Waals surface area (Å²) in [5.74, 6) is -0.0117. The first-order valence-corrected chi connectivity index (χ1v) is 6.39. The molecule has 0 amide bonds. The lowest BCUT2D eigenvalue weighted by molar-refractivity contribution is 0.0593. The van der Waals surface area contributed by atoms with Crippen LogP contribution >= 0.6 is 27.5 Å². The minimum atomic E-state index is -0.522. The number of esters is 1. The maximum atomic E-state index is 11.2. The molecule has 0 atom stereocenters. The second-order valence-corrected chi connectivity index (χ2v) is 4.82. The molecule has 0 aliphatic heterocycles. The highest BCUT2D eigenvalue weighted by Gasteiger charge is 2.08. The zero-order chi connectivity index (χ0) is 13.8. The average molecular weight is 343 g/mol. The Hall–Kier alpha value is -1.66. The molecule has 0 unspecified atom stereocenters. The van der Waals surface area contributed by atoms with E-state index in [2.05, 4.69) is 36.0 Å². The molecule has 2 rings (SSSR count). The number of carbonyl (C=O) groups excluding carboxylic acids is 1. The Bertz CT molecular complexity index is 604. The van der Waals surface area contributed by atoms with Crippen LogP contribution in [0.3, 0.4) is 0 Å². The smallest absolute Gasteiger partial charge is 0.358 e. The lowest BCUT2D eigenvalue weighted by Gasteiger charge is -2.07. The fourth-order valence-corrected chi connectivity index (χ4v) is 2.11. The van der Waals surface area contributed by atoms with E-state index in [4.69, 9.17) is 11.6 Å². The highest BCUT2D eigenvalue weighted by atomic mass is 79.9. The molecule has 1 aromatic heterocycles. The monoisotopic (exact) mass is 341 g/mol. The van der Waals surface area contributed by atoms with E-state index in [1.54, 1.807) is 12.1 Å². The number of nitrogens with zero attached hydrogens (tertiary/aromatic N) is 2. The zero-order valence-electron chi connectivity index (χ0n) is 9.85. The molecule has 0 bridgehead atoms. The Balaban J connectivity index is 2.17. The van der Waals surface area contributed by atoms with Crippen LogP contribution in [0.15, 0.2) is 35.1 Å². The number of methoxy groups -OCH3 is 1. The number of hydrogen-bond acceptors (Lipinski definition) is 5. The van der Waals surface area contributed by atoms with Crippen molar-refractivity contribution < 1.29 is 9.53 Å². The minimum absolute atomic E-state index is 0.156. The van der Waals surface area contributed by atoms with E-state index >= 15 is 0 Å². The second-order valence-electron chi connectivity index (χ2n) is 3.53. The second kappa shape index (κ2) is 5.99. The van der Waals surface area contributed by atoms with Gasteiger partial charge in [0.25, 0.3) is 0 Å². The molecule has 1 N–H and O–H groups in total. The predicted octanol–water partition coefficient (Wildman–Crippen LogP) is 3.42. The molecule has 0 radical (unpaired) electrons. The normalized spacial score (nSPS) is 10.1. The molecule has 0 fully saturated rings. The van der Waals surface area contributed by atoms with E-state index in [9.17, 15) is 4.79 Å². The van der Waals surface area contributed by atoms with Crippen LogP contribution < -0.4 is 5.32 Å². The van der Waals surface area contributed by atoms with Crippen molar-refractivity contribution in [2.75, 3.05) is 12.4 Å². The summed E-state index contributed by atoms with van der Waals surface area (Å²) in [6.07, 6.45) is 2.80. The van der Waals surface area contributed by atoms with Gasteiger partial charge in [0, 0.05) is 9.50 Å². The first-order chi connectivity index (χ1) is 9.10. The van der Waals surface area contributed by atoms with Crippen LogP contribution in [-0.2, 0) is 4.74 Å². The van der Waals surface area contributed by atoms with Crippen LogP contribution in [0.25, 0.3) is 0 Å². The van der Waals surface area contributed by atoms with E-state index in [0.717, 1.165) is 10.2 Å². The number of ether oxygens (including phenoxy) is 1. The molecule has 19 heavy (non-hydrogen) atoms. The molecule has 2 aromatic rings. The molecule has 1 aromatic carbocycles. The van der Waals surface area contributed by atoms with Gasteiger partial charge in [0.15, 0.2) is 5.69 Å². The van der Waals surface area contributed by atoms with Gasteiger partial charge in [-0.1, -0.05) is 11.6 Å². The average Bonchev–Trinajstić information content (AvgIpc) is 2.42. The maximum absolute atomic E-state index is 11.2. The third kappa shape index (κ3) is 3.42. The molecular weight excluding hydrogens is 334 g/mol. The van der Waals surface area contributed by atoms with Crippen LogP contribution in [0.1, 0.15) is 10.5 Å². The Kier molecular flexibility index (Phi) is 4.34. The van der Waals surface area contributed by atoms with Crippen LogP contribution in [-0.4, -0.2) is 23.0 Å². The summed E-state index contributed by atoms with van der Waals surface area (Å²) in [6, 6.07) is 5.33. The molecule has 0 saturated heterocycles. The number of nitrogens with one attached hydrogen (secondary N) is 1. The van der Waals surface area contributed by atoms with Crippen molar-refractivity contribution in [1.29, 1.82) is 0 Å². The molecule has 0 aliphatic carbocycles. The summed E-state index contributed by atoms with van der Waals surface area (Å²) in [6.45, 7) is 0. The number of carbonyl (C=O) groups is 1. The van der Waals surface area contributed by atoms with Crippen molar-refractivity contribution in [3.63, 3.8) is 0 Å². The van der Waals surface area contributed by atoms with E-state index in [-0.39, 0.29) is 5.69 Å². The Morgan fingerprint density at radius 3 is 2.74 bits per heavy atom. The van der Waals surface area contributed by atoms with E-state index in [1.165, 1.54) is 19.5 Å². The fourth-order valence-electron chi connectivity index (χ4n) is 1.33. The summed E-state index contributed by atoms with van der Waals surface area (Å²) in [4.78, 5) is 19.2. The van der Waals surface area contributed by atoms with Crippen molar-refractivity contribution in [3.05, 3.63) is 45.8 Å². The molecule has 1 heterocycles. The summed E-state index contributed by atoms with van der Waals surface area (Å²) in [5, 5.41) is 3.68. The lowest BCUT2D eigenvalue weighted by Crippen LogP contribution is -2.05. The molecule has 5 nitrogen and oxygen atoms in total. The summed E-state index contributed by atoms with van der Waals surface area (Å²) >= 11 is 9.24. The van der Waals surface area contributed by atoms with Gasteiger partial charge in [0.1, 0.15) is 5.82 Å². The topological polar surface area (TPSA) is 64.1 Å². The maximum Gasteiger partial charge on any atom is 0.358 e. The van der Waals surface area contributed by atoms with Crippen molar-refractivity contribution in [3.8, 4) is 0 Å². The number of anilines is 2. The number of aromatic nitrogens is 2. The summed E-state index contributed by atoms with van der Waals surface area (Å²) < 4.78 is 5.35. The van der Waals surface area contributed by atoms with Crippen LogP contribution in [0.2, 0.25) is 5.02 Å². The number of rotatable bonds is 3. The van der Waals surface area contributed by atoms with Crippen molar-refractivity contribution >= 4 is 45.0 Å². The SMILES string of the molecule is COC(=O)c1cnc(Nc2ccc(Cl)cc2Br)cn1.